The molecule has 5 heteroatoms. The van der Waals surface area contributed by atoms with Crippen LogP contribution in [0.15, 0.2) is 22.7 Å². The minimum Gasteiger partial charge on any atom is -0.494 e. The van der Waals surface area contributed by atoms with E-state index in [2.05, 4.69) is 15.9 Å². The molecule has 0 bridgehead atoms. The van der Waals surface area contributed by atoms with E-state index in [1.807, 2.05) is 0 Å². The Morgan fingerprint density at radius 2 is 2.37 bits per heavy atom. The van der Waals surface area contributed by atoms with Gasteiger partial charge in [-0.15, -0.1) is 0 Å². The van der Waals surface area contributed by atoms with Gasteiger partial charge in [-0.05, 0) is 59.8 Å². The first-order valence-electron chi connectivity index (χ1n) is 6.44. The first-order chi connectivity index (χ1) is 9.16. The molecule has 0 amide bonds. The zero-order valence-corrected chi connectivity index (χ0v) is 12.2. The third kappa shape index (κ3) is 4.21. The maximum absolute atomic E-state index is 11.0. The summed E-state index contributed by atoms with van der Waals surface area (Å²) >= 11 is 3.20. The fourth-order valence-electron chi connectivity index (χ4n) is 2.13. The Morgan fingerprint density at radius 1 is 1.53 bits per heavy atom. The van der Waals surface area contributed by atoms with Crippen LogP contribution >= 0.6 is 15.9 Å². The number of halogens is 1. The number of carboxylic acids is 1. The Balaban J connectivity index is 1.79. The van der Waals surface area contributed by atoms with Gasteiger partial charge in [-0.25, -0.2) is 4.79 Å². The second-order valence-electron chi connectivity index (χ2n) is 4.57. The van der Waals surface area contributed by atoms with E-state index in [-0.39, 0.29) is 5.56 Å². The molecule has 0 spiro atoms. The topological polar surface area (TPSA) is 55.8 Å². The third-order valence-electron chi connectivity index (χ3n) is 3.13. The summed E-state index contributed by atoms with van der Waals surface area (Å²) in [5, 5.41) is 9.00. The number of hydrogen-bond donors (Lipinski definition) is 1. The van der Waals surface area contributed by atoms with E-state index in [4.69, 9.17) is 14.6 Å². The van der Waals surface area contributed by atoms with Gasteiger partial charge in [0.2, 0.25) is 0 Å². The van der Waals surface area contributed by atoms with Crippen LogP contribution in [0.2, 0.25) is 0 Å². The molecule has 0 aliphatic carbocycles. The molecule has 19 heavy (non-hydrogen) atoms. The van der Waals surface area contributed by atoms with Gasteiger partial charge in [0.25, 0.3) is 0 Å². The Bertz CT molecular complexity index is 441. The molecule has 1 aromatic carbocycles. The van der Waals surface area contributed by atoms with E-state index >= 15 is 0 Å². The lowest BCUT2D eigenvalue weighted by Crippen LogP contribution is -2.08. The SMILES string of the molecule is O=C(O)c1cc(OCCCC2CCCO2)ccc1Br. The monoisotopic (exact) mass is 328 g/mol. The Labute approximate surface area is 120 Å². The summed E-state index contributed by atoms with van der Waals surface area (Å²) in [6.45, 7) is 1.46. The molecule has 2 rings (SSSR count). The van der Waals surface area contributed by atoms with Crippen LogP contribution in [0.4, 0.5) is 0 Å². The van der Waals surface area contributed by atoms with Gasteiger partial charge in [0, 0.05) is 11.1 Å². The summed E-state index contributed by atoms with van der Waals surface area (Å²) in [7, 11) is 0. The minimum atomic E-state index is -0.961. The van der Waals surface area contributed by atoms with Crippen LogP contribution in [0.25, 0.3) is 0 Å². The van der Waals surface area contributed by atoms with E-state index < -0.39 is 5.97 Å². The van der Waals surface area contributed by atoms with Gasteiger partial charge in [-0.1, -0.05) is 0 Å². The first kappa shape index (κ1) is 14.3. The number of carboxylic acid groups (broad SMARTS) is 1. The summed E-state index contributed by atoms with van der Waals surface area (Å²) in [5.74, 6) is -0.371. The molecule has 1 fully saturated rings. The molecule has 0 saturated carbocycles. The summed E-state index contributed by atoms with van der Waals surface area (Å²) < 4.78 is 11.7. The van der Waals surface area contributed by atoms with Crippen molar-refractivity contribution in [1.29, 1.82) is 0 Å². The van der Waals surface area contributed by atoms with Crippen LogP contribution in [0.3, 0.4) is 0 Å². The van der Waals surface area contributed by atoms with Gasteiger partial charge in [-0.3, -0.25) is 0 Å². The first-order valence-corrected chi connectivity index (χ1v) is 7.23. The highest BCUT2D eigenvalue weighted by molar-refractivity contribution is 9.10. The number of benzene rings is 1. The third-order valence-corrected chi connectivity index (χ3v) is 3.82. The highest BCUT2D eigenvalue weighted by Crippen LogP contribution is 2.23. The maximum Gasteiger partial charge on any atom is 0.336 e. The van der Waals surface area contributed by atoms with Crippen molar-refractivity contribution in [3.8, 4) is 5.75 Å². The molecule has 1 N–H and O–H groups in total. The zero-order chi connectivity index (χ0) is 13.7. The Hall–Kier alpha value is -1.07. The van der Waals surface area contributed by atoms with Crippen LogP contribution in [0.5, 0.6) is 5.75 Å². The van der Waals surface area contributed by atoms with Crippen molar-refractivity contribution < 1.29 is 19.4 Å². The molecular weight excluding hydrogens is 312 g/mol. The zero-order valence-electron chi connectivity index (χ0n) is 10.6. The molecule has 104 valence electrons. The molecule has 1 saturated heterocycles. The van der Waals surface area contributed by atoms with Crippen LogP contribution in [0, 0.1) is 0 Å². The maximum atomic E-state index is 11.0. The summed E-state index contributed by atoms with van der Waals surface area (Å²) in [6.07, 6.45) is 4.59. The molecular formula is C14H17BrO4. The molecule has 1 heterocycles. The number of ether oxygens (including phenoxy) is 2. The molecule has 1 unspecified atom stereocenters. The molecule has 1 aliphatic heterocycles. The average molecular weight is 329 g/mol. The summed E-state index contributed by atoms with van der Waals surface area (Å²) in [6, 6.07) is 5.00. The lowest BCUT2D eigenvalue weighted by atomic mass is 10.1. The summed E-state index contributed by atoms with van der Waals surface area (Å²) in [4.78, 5) is 11.0. The molecule has 1 aromatic rings. The van der Waals surface area contributed by atoms with Gasteiger partial charge < -0.3 is 14.6 Å². The largest absolute Gasteiger partial charge is 0.494 e. The highest BCUT2D eigenvalue weighted by Gasteiger charge is 2.14. The second-order valence-corrected chi connectivity index (χ2v) is 5.43. The van der Waals surface area contributed by atoms with Gasteiger partial charge in [0.1, 0.15) is 5.75 Å². The van der Waals surface area contributed by atoms with Crippen molar-refractivity contribution in [3.05, 3.63) is 28.2 Å². The Morgan fingerprint density at radius 3 is 3.05 bits per heavy atom. The quantitative estimate of drug-likeness (QED) is 0.812. The van der Waals surface area contributed by atoms with Crippen molar-refractivity contribution in [1.82, 2.24) is 0 Å². The highest BCUT2D eigenvalue weighted by atomic mass is 79.9. The average Bonchev–Trinajstić information content (AvgIpc) is 2.89. The summed E-state index contributed by atoms with van der Waals surface area (Å²) in [5.41, 5.74) is 0.219. The van der Waals surface area contributed by atoms with Crippen molar-refractivity contribution >= 4 is 21.9 Å². The predicted octanol–water partition coefficient (Wildman–Crippen LogP) is 3.49. The van der Waals surface area contributed by atoms with Crippen molar-refractivity contribution in [2.75, 3.05) is 13.2 Å². The van der Waals surface area contributed by atoms with Gasteiger partial charge in [0.05, 0.1) is 18.3 Å². The smallest absolute Gasteiger partial charge is 0.336 e. The van der Waals surface area contributed by atoms with Gasteiger partial charge in [0.15, 0.2) is 0 Å². The van der Waals surface area contributed by atoms with E-state index in [1.165, 1.54) is 0 Å². The Kier molecular flexibility index (Phi) is 5.22. The van der Waals surface area contributed by atoms with Crippen LogP contribution in [-0.4, -0.2) is 30.4 Å². The van der Waals surface area contributed by atoms with Crippen molar-refractivity contribution in [2.45, 2.75) is 31.8 Å². The van der Waals surface area contributed by atoms with E-state index in [0.717, 1.165) is 32.3 Å². The second kappa shape index (κ2) is 6.91. The van der Waals surface area contributed by atoms with Gasteiger partial charge in [-0.2, -0.15) is 0 Å². The normalized spacial score (nSPS) is 18.5. The lowest BCUT2D eigenvalue weighted by Gasteiger charge is -2.10. The molecule has 1 aliphatic rings. The molecule has 4 nitrogen and oxygen atoms in total. The fraction of sp³-hybridized carbons (Fsp3) is 0.500. The van der Waals surface area contributed by atoms with E-state index in [9.17, 15) is 4.79 Å². The van der Waals surface area contributed by atoms with E-state index in [1.54, 1.807) is 18.2 Å². The van der Waals surface area contributed by atoms with Crippen molar-refractivity contribution in [2.24, 2.45) is 0 Å². The van der Waals surface area contributed by atoms with Crippen LogP contribution in [0.1, 0.15) is 36.0 Å². The molecule has 0 radical (unpaired) electrons. The van der Waals surface area contributed by atoms with Crippen molar-refractivity contribution in [3.63, 3.8) is 0 Å². The number of rotatable bonds is 6. The number of carbonyl (C=O) groups is 1. The molecule has 1 atom stereocenters. The van der Waals surface area contributed by atoms with Gasteiger partial charge >= 0.3 is 5.97 Å². The van der Waals surface area contributed by atoms with E-state index in [0.29, 0.717) is 22.9 Å². The molecule has 0 aromatic heterocycles. The fourth-order valence-corrected chi connectivity index (χ4v) is 2.55. The standard InChI is InChI=1S/C14H17BrO4/c15-13-6-5-11(9-12(13)14(16)17)19-8-2-4-10-3-1-7-18-10/h5-6,9-10H,1-4,7-8H2,(H,16,17). The minimum absolute atomic E-state index is 0.219. The number of hydrogen-bond acceptors (Lipinski definition) is 3. The lowest BCUT2D eigenvalue weighted by molar-refractivity contribution is 0.0695. The van der Waals surface area contributed by atoms with Crippen LogP contribution < -0.4 is 4.74 Å². The van der Waals surface area contributed by atoms with Crippen LogP contribution in [-0.2, 0) is 4.74 Å². The predicted molar refractivity (Wildman–Crippen MR) is 74.8 cm³/mol. The number of aromatic carboxylic acids is 1.